The fourth-order valence-corrected chi connectivity index (χ4v) is 8.52. The summed E-state index contributed by atoms with van der Waals surface area (Å²) in [4.78, 5) is 64.3. The first-order chi connectivity index (χ1) is 23.0. The number of imide groups is 1. The number of carbonyl (C=O) groups is 4. The number of nitrogens with one attached hydrogen (secondary N) is 3. The molecular weight excluding hydrogens is 641 g/mol. The summed E-state index contributed by atoms with van der Waals surface area (Å²) >= 11 is 0.916. The summed E-state index contributed by atoms with van der Waals surface area (Å²) in [5.74, 6) is -1.95. The minimum Gasteiger partial charge on any atom is -0.506 e. The highest BCUT2D eigenvalue weighted by atomic mass is 32.2. The van der Waals surface area contributed by atoms with Crippen LogP contribution in [0.2, 0.25) is 0 Å². The van der Waals surface area contributed by atoms with Crippen LogP contribution in [0.5, 0.6) is 5.75 Å². The van der Waals surface area contributed by atoms with Crippen molar-refractivity contribution in [2.45, 2.75) is 56.1 Å². The van der Waals surface area contributed by atoms with Gasteiger partial charge < -0.3 is 10.4 Å². The SMILES string of the molecule is Cn1c(=O)n(C2CCC(=O)NC2=O)c2ccc(C3CC4CC(C3)N4CC(=O)Nc3ccc4c(F)c(N5CC(=O)NS5)c(O)cc4c3)cc21. The Morgan fingerprint density at radius 1 is 1.02 bits per heavy atom. The molecule has 4 amide bonds. The number of fused-ring (bicyclic) bond motifs is 4. The van der Waals surface area contributed by atoms with Crippen LogP contribution in [-0.4, -0.2) is 67.9 Å². The van der Waals surface area contributed by atoms with E-state index in [-0.39, 0.29) is 84.2 Å². The van der Waals surface area contributed by atoms with Crippen molar-refractivity contribution >= 4 is 68.9 Å². The molecular formula is C33H32FN7O6S. The molecule has 248 valence electrons. The Bertz CT molecular complexity index is 2120. The fraction of sp³-hybridized carbons (Fsp3) is 0.364. The van der Waals surface area contributed by atoms with Crippen LogP contribution in [0.3, 0.4) is 0 Å². The minimum atomic E-state index is -0.729. The third kappa shape index (κ3) is 4.99. The van der Waals surface area contributed by atoms with Crippen LogP contribution in [0, 0.1) is 5.82 Å². The number of rotatable bonds is 6. The van der Waals surface area contributed by atoms with Crippen molar-refractivity contribution in [3.05, 3.63) is 64.3 Å². The van der Waals surface area contributed by atoms with Crippen molar-refractivity contribution in [1.29, 1.82) is 0 Å². The molecule has 0 radical (unpaired) electrons. The topological polar surface area (TPSA) is 158 Å². The average molecular weight is 674 g/mol. The van der Waals surface area contributed by atoms with E-state index in [1.54, 1.807) is 29.8 Å². The van der Waals surface area contributed by atoms with Gasteiger partial charge >= 0.3 is 5.69 Å². The van der Waals surface area contributed by atoms with Gasteiger partial charge in [-0.05, 0) is 78.9 Å². The third-order valence-electron chi connectivity index (χ3n) is 10.1. The third-order valence-corrected chi connectivity index (χ3v) is 11.0. The van der Waals surface area contributed by atoms with E-state index in [1.165, 1.54) is 14.9 Å². The number of aryl methyl sites for hydroxylation is 1. The van der Waals surface area contributed by atoms with Crippen molar-refractivity contribution in [1.82, 2.24) is 24.1 Å². The van der Waals surface area contributed by atoms with E-state index >= 15 is 4.39 Å². The van der Waals surface area contributed by atoms with Crippen LogP contribution < -0.4 is 25.4 Å². The Labute approximate surface area is 277 Å². The summed E-state index contributed by atoms with van der Waals surface area (Å²) in [5.41, 5.74) is 2.62. The van der Waals surface area contributed by atoms with Crippen LogP contribution >= 0.6 is 12.1 Å². The van der Waals surface area contributed by atoms with E-state index in [1.807, 2.05) is 18.2 Å². The number of amides is 4. The van der Waals surface area contributed by atoms with Crippen LogP contribution in [-0.2, 0) is 26.2 Å². The maximum atomic E-state index is 15.3. The van der Waals surface area contributed by atoms with Crippen molar-refractivity contribution in [2.75, 3.05) is 22.7 Å². The molecule has 2 bridgehead atoms. The average Bonchev–Trinajstić information content (AvgIpc) is 3.59. The number of piperidine rings is 2. The van der Waals surface area contributed by atoms with E-state index in [0.29, 0.717) is 16.6 Å². The number of imidazole rings is 1. The minimum absolute atomic E-state index is 0.0696. The van der Waals surface area contributed by atoms with Crippen LogP contribution in [0.4, 0.5) is 15.8 Å². The monoisotopic (exact) mass is 673 g/mol. The number of hydrogen-bond donors (Lipinski definition) is 4. The summed E-state index contributed by atoms with van der Waals surface area (Å²) in [5, 5.41) is 16.5. The van der Waals surface area contributed by atoms with Gasteiger partial charge in [0.15, 0.2) is 5.82 Å². The summed E-state index contributed by atoms with van der Waals surface area (Å²) < 4.78 is 22.3. The maximum Gasteiger partial charge on any atom is 0.329 e. The number of nitrogens with zero attached hydrogens (tertiary/aromatic N) is 4. The molecule has 3 atom stereocenters. The zero-order valence-corrected chi connectivity index (χ0v) is 26.7. The molecule has 5 aliphatic rings. The Kier molecular flexibility index (Phi) is 7.21. The van der Waals surface area contributed by atoms with Gasteiger partial charge in [-0.15, -0.1) is 0 Å². The highest BCUT2D eigenvalue weighted by molar-refractivity contribution is 7.99. The molecule has 4 N–H and O–H groups in total. The fourth-order valence-electron chi connectivity index (χ4n) is 7.80. The van der Waals surface area contributed by atoms with Gasteiger partial charge in [0.1, 0.15) is 24.0 Å². The lowest BCUT2D eigenvalue weighted by Crippen LogP contribution is -2.61. The molecule has 1 aliphatic carbocycles. The molecule has 9 rings (SSSR count). The molecule has 4 saturated heterocycles. The lowest BCUT2D eigenvalue weighted by molar-refractivity contribution is -0.135. The summed E-state index contributed by atoms with van der Waals surface area (Å²) in [6.45, 7) is 0.138. The molecule has 5 fully saturated rings. The molecule has 0 spiro atoms. The molecule has 5 heterocycles. The number of aromatic hydroxyl groups is 1. The summed E-state index contributed by atoms with van der Waals surface area (Å²) in [7, 11) is 1.69. The first-order valence-electron chi connectivity index (χ1n) is 15.8. The maximum absolute atomic E-state index is 15.3. The van der Waals surface area contributed by atoms with Crippen LogP contribution in [0.25, 0.3) is 21.8 Å². The largest absolute Gasteiger partial charge is 0.506 e. The molecule has 1 aromatic heterocycles. The first kappa shape index (κ1) is 30.4. The normalized spacial score (nSPS) is 24.1. The van der Waals surface area contributed by atoms with Gasteiger partial charge in [-0.3, -0.25) is 47.6 Å². The predicted octanol–water partition coefficient (Wildman–Crippen LogP) is 2.77. The number of halogens is 1. The second-order valence-electron chi connectivity index (χ2n) is 13.0. The number of anilines is 2. The van der Waals surface area contributed by atoms with Gasteiger partial charge in [0.05, 0.1) is 29.7 Å². The molecule has 4 aromatic rings. The molecule has 1 saturated carbocycles. The quantitative estimate of drug-likeness (QED) is 0.179. The zero-order chi connectivity index (χ0) is 33.4. The van der Waals surface area contributed by atoms with Crippen LogP contribution in [0.15, 0.2) is 47.3 Å². The Morgan fingerprint density at radius 2 is 1.81 bits per heavy atom. The van der Waals surface area contributed by atoms with Crippen molar-refractivity contribution in [2.24, 2.45) is 7.05 Å². The van der Waals surface area contributed by atoms with E-state index in [9.17, 15) is 29.1 Å². The van der Waals surface area contributed by atoms with Crippen molar-refractivity contribution in [3.63, 3.8) is 0 Å². The number of carbonyl (C=O) groups excluding carboxylic acids is 4. The second-order valence-corrected chi connectivity index (χ2v) is 13.8. The van der Waals surface area contributed by atoms with Crippen molar-refractivity contribution in [3.8, 4) is 5.75 Å². The highest BCUT2D eigenvalue weighted by Gasteiger charge is 2.46. The van der Waals surface area contributed by atoms with Gasteiger partial charge in [0.2, 0.25) is 17.7 Å². The molecule has 3 aromatic carbocycles. The predicted molar refractivity (Wildman–Crippen MR) is 177 cm³/mol. The second kappa shape index (κ2) is 11.4. The van der Waals surface area contributed by atoms with Gasteiger partial charge in [-0.1, -0.05) is 6.07 Å². The van der Waals surface area contributed by atoms with Gasteiger partial charge in [-0.25, -0.2) is 9.18 Å². The Balaban J connectivity index is 0.933. The molecule has 13 nitrogen and oxygen atoms in total. The number of benzene rings is 3. The van der Waals surface area contributed by atoms with E-state index < -0.39 is 17.8 Å². The molecule has 3 unspecified atom stereocenters. The smallest absolute Gasteiger partial charge is 0.329 e. The Morgan fingerprint density at radius 3 is 2.54 bits per heavy atom. The first-order valence-corrected chi connectivity index (χ1v) is 16.6. The Hall–Kier alpha value is -4.89. The van der Waals surface area contributed by atoms with Crippen LogP contribution in [0.1, 0.15) is 49.6 Å². The molecule has 4 aliphatic heterocycles. The summed E-state index contributed by atoms with van der Waals surface area (Å²) in [6, 6.07) is 11.9. The van der Waals surface area contributed by atoms with Gasteiger partial charge in [0, 0.05) is 36.6 Å². The van der Waals surface area contributed by atoms with Crippen molar-refractivity contribution < 1.29 is 28.7 Å². The highest BCUT2D eigenvalue weighted by Crippen LogP contribution is 2.46. The lowest BCUT2D eigenvalue weighted by Gasteiger charge is -2.55. The zero-order valence-electron chi connectivity index (χ0n) is 25.9. The van der Waals surface area contributed by atoms with Gasteiger partial charge in [-0.2, -0.15) is 0 Å². The number of phenolic OH excluding ortho intramolecular Hbond substituents is 1. The molecule has 48 heavy (non-hydrogen) atoms. The lowest BCUT2D eigenvalue weighted by atomic mass is 9.71. The number of phenols is 1. The van der Waals surface area contributed by atoms with Gasteiger partial charge in [0.25, 0.3) is 5.91 Å². The summed E-state index contributed by atoms with van der Waals surface area (Å²) in [6.07, 6.45) is 3.20. The number of hydrogen-bond acceptors (Lipinski definition) is 9. The number of aromatic nitrogens is 2. The molecule has 15 heteroatoms. The van der Waals surface area contributed by atoms with E-state index in [4.69, 9.17) is 0 Å². The van der Waals surface area contributed by atoms with E-state index in [2.05, 4.69) is 20.3 Å². The van der Waals surface area contributed by atoms with E-state index in [0.717, 1.165) is 42.5 Å². The standard InChI is InChI=1S/C33H32FN7O6S/c1-38-25-11-16(2-5-23(25)41(33(38)47)24-6-7-27(43)36-32(24)46)17-9-20-13-21(10-17)39(20)14-28(44)35-19-3-4-22-18(8-19)12-26(42)31(30(22)34)40-15-29(45)37-48-40/h2-5,8,11-12,17,20-21,24,42H,6-7,9-10,13-15H2,1H3,(H,35,44)(H,37,45)(H,36,43,46).